The van der Waals surface area contributed by atoms with E-state index in [9.17, 15) is 4.79 Å². The van der Waals surface area contributed by atoms with Crippen molar-refractivity contribution in [1.29, 1.82) is 0 Å². The highest BCUT2D eigenvalue weighted by molar-refractivity contribution is 7.99. The summed E-state index contributed by atoms with van der Waals surface area (Å²) in [6, 6.07) is 10.6. The van der Waals surface area contributed by atoms with Gasteiger partial charge in [-0.25, -0.2) is 0 Å². The molecule has 4 heteroatoms. The largest absolute Gasteiger partial charge is 0.332 e. The third kappa shape index (κ3) is 4.01. The number of thioether (sulfide) groups is 1. The van der Waals surface area contributed by atoms with Gasteiger partial charge in [-0.3, -0.25) is 4.79 Å². The zero-order chi connectivity index (χ0) is 14.5. The number of rotatable bonds is 4. The topological polar surface area (TPSA) is 23.6 Å². The third-order valence-corrected chi connectivity index (χ3v) is 5.44. The number of benzene rings is 1. The van der Waals surface area contributed by atoms with Crippen LogP contribution in [0.25, 0.3) is 0 Å². The number of nitrogens with zero attached hydrogens (tertiary/aromatic N) is 2. The van der Waals surface area contributed by atoms with Gasteiger partial charge in [0.25, 0.3) is 0 Å². The van der Waals surface area contributed by atoms with E-state index in [-0.39, 0.29) is 5.92 Å². The van der Waals surface area contributed by atoms with Crippen LogP contribution >= 0.6 is 11.8 Å². The fourth-order valence-corrected chi connectivity index (χ4v) is 4.19. The number of piperidine rings is 1. The van der Waals surface area contributed by atoms with Gasteiger partial charge in [-0.05, 0) is 31.4 Å². The van der Waals surface area contributed by atoms with Crippen LogP contribution in [-0.2, 0) is 11.2 Å². The van der Waals surface area contributed by atoms with E-state index in [2.05, 4.69) is 40.1 Å². The number of carbonyl (C=O) groups excluding carboxylic acids is 1. The second-order valence-electron chi connectivity index (χ2n) is 6.01. The highest BCUT2D eigenvalue weighted by Gasteiger charge is 2.30. The van der Waals surface area contributed by atoms with Crippen LogP contribution in [0, 0.1) is 5.92 Å². The van der Waals surface area contributed by atoms with Crippen molar-refractivity contribution in [2.75, 3.05) is 37.8 Å². The van der Waals surface area contributed by atoms with E-state index in [1.54, 1.807) is 0 Å². The van der Waals surface area contributed by atoms with Crippen LogP contribution in [0.3, 0.4) is 0 Å². The van der Waals surface area contributed by atoms with Gasteiger partial charge in [-0.2, -0.15) is 0 Å². The maximum absolute atomic E-state index is 12.5. The fourth-order valence-electron chi connectivity index (χ4n) is 3.24. The monoisotopic (exact) mass is 304 g/mol. The molecule has 0 aromatic heterocycles. The normalized spacial score (nSPS) is 23.4. The molecule has 3 rings (SSSR count). The maximum Gasteiger partial charge on any atom is 0.227 e. The van der Waals surface area contributed by atoms with Crippen LogP contribution in [0.1, 0.15) is 18.4 Å². The van der Waals surface area contributed by atoms with Gasteiger partial charge in [-0.15, -0.1) is 11.8 Å². The van der Waals surface area contributed by atoms with Gasteiger partial charge >= 0.3 is 0 Å². The Morgan fingerprint density at radius 1 is 1.24 bits per heavy atom. The van der Waals surface area contributed by atoms with E-state index in [0.29, 0.717) is 5.91 Å². The molecule has 2 fully saturated rings. The van der Waals surface area contributed by atoms with E-state index in [1.807, 2.05) is 11.8 Å². The van der Waals surface area contributed by atoms with Gasteiger partial charge in [0.05, 0.1) is 11.8 Å². The highest BCUT2D eigenvalue weighted by atomic mass is 32.2. The maximum atomic E-state index is 12.5. The quantitative estimate of drug-likeness (QED) is 0.854. The molecule has 0 N–H and O–H groups in total. The van der Waals surface area contributed by atoms with Crippen LogP contribution in [0.4, 0.5) is 0 Å². The Balaban J connectivity index is 1.49. The number of hydrogen-bond acceptors (Lipinski definition) is 3. The standard InChI is InChI=1S/C17H24N2OS/c20-17(19-11-12-21-14-19)16-7-4-9-18(13-16)10-8-15-5-2-1-3-6-15/h1-3,5-6,16H,4,7-14H2. The average Bonchev–Trinajstić information content (AvgIpc) is 3.08. The van der Waals surface area contributed by atoms with Crippen LogP contribution < -0.4 is 0 Å². The molecule has 0 saturated carbocycles. The lowest BCUT2D eigenvalue weighted by atomic mass is 9.96. The lowest BCUT2D eigenvalue weighted by Gasteiger charge is -2.33. The van der Waals surface area contributed by atoms with E-state index in [0.717, 1.165) is 57.1 Å². The summed E-state index contributed by atoms with van der Waals surface area (Å²) in [5.41, 5.74) is 1.39. The van der Waals surface area contributed by atoms with E-state index in [4.69, 9.17) is 0 Å². The Morgan fingerprint density at radius 2 is 2.10 bits per heavy atom. The van der Waals surface area contributed by atoms with Crippen LogP contribution in [0.15, 0.2) is 30.3 Å². The molecule has 2 saturated heterocycles. The second kappa shape index (κ2) is 7.32. The molecule has 2 aliphatic heterocycles. The van der Waals surface area contributed by atoms with Gasteiger partial charge in [0, 0.05) is 25.4 Å². The Bertz CT molecular complexity index is 459. The van der Waals surface area contributed by atoms with E-state index < -0.39 is 0 Å². The van der Waals surface area contributed by atoms with Gasteiger partial charge in [0.1, 0.15) is 0 Å². The van der Waals surface area contributed by atoms with Crippen molar-refractivity contribution in [2.24, 2.45) is 5.92 Å². The number of carbonyl (C=O) groups is 1. The van der Waals surface area contributed by atoms with Crippen molar-refractivity contribution in [3.8, 4) is 0 Å². The smallest absolute Gasteiger partial charge is 0.227 e. The molecule has 1 atom stereocenters. The SMILES string of the molecule is O=C(C1CCCN(CCc2ccccc2)C1)N1CCSC1. The predicted molar refractivity (Wildman–Crippen MR) is 88.3 cm³/mol. The first kappa shape index (κ1) is 14.9. The lowest BCUT2D eigenvalue weighted by Crippen LogP contribution is -2.44. The van der Waals surface area contributed by atoms with Crippen molar-refractivity contribution < 1.29 is 4.79 Å². The summed E-state index contributed by atoms with van der Waals surface area (Å²) in [5.74, 6) is 2.63. The Kier molecular flexibility index (Phi) is 5.20. The summed E-state index contributed by atoms with van der Waals surface area (Å²) in [7, 11) is 0. The van der Waals surface area contributed by atoms with Crippen LogP contribution in [0.2, 0.25) is 0 Å². The molecule has 0 bridgehead atoms. The van der Waals surface area contributed by atoms with Crippen LogP contribution in [-0.4, -0.2) is 53.5 Å². The molecule has 0 radical (unpaired) electrons. The summed E-state index contributed by atoms with van der Waals surface area (Å²) in [6.07, 6.45) is 3.31. The molecule has 114 valence electrons. The second-order valence-corrected chi connectivity index (χ2v) is 7.09. The Hall–Kier alpha value is -1.000. The van der Waals surface area contributed by atoms with Gasteiger partial charge in [-0.1, -0.05) is 30.3 Å². The van der Waals surface area contributed by atoms with Crippen molar-refractivity contribution in [1.82, 2.24) is 9.80 Å². The zero-order valence-corrected chi connectivity index (χ0v) is 13.4. The summed E-state index contributed by atoms with van der Waals surface area (Å²) < 4.78 is 0. The van der Waals surface area contributed by atoms with Gasteiger partial charge in [0.15, 0.2) is 0 Å². The molecule has 2 heterocycles. The van der Waals surface area contributed by atoms with Crippen molar-refractivity contribution in [2.45, 2.75) is 19.3 Å². The number of amides is 1. The molecule has 0 aliphatic carbocycles. The van der Waals surface area contributed by atoms with Crippen molar-refractivity contribution >= 4 is 17.7 Å². The summed E-state index contributed by atoms with van der Waals surface area (Å²) in [4.78, 5) is 17.0. The Morgan fingerprint density at radius 3 is 2.86 bits per heavy atom. The first-order valence-corrected chi connectivity index (χ1v) is 9.11. The number of likely N-dealkylation sites (tertiary alicyclic amines) is 1. The van der Waals surface area contributed by atoms with E-state index >= 15 is 0 Å². The first-order valence-electron chi connectivity index (χ1n) is 7.96. The molecule has 2 aliphatic rings. The minimum atomic E-state index is 0.230. The molecule has 1 aromatic carbocycles. The van der Waals surface area contributed by atoms with Crippen molar-refractivity contribution in [3.05, 3.63) is 35.9 Å². The summed E-state index contributed by atoms with van der Waals surface area (Å²) >= 11 is 1.87. The van der Waals surface area contributed by atoms with Gasteiger partial charge < -0.3 is 9.80 Å². The fraction of sp³-hybridized carbons (Fsp3) is 0.588. The minimum absolute atomic E-state index is 0.230. The molecule has 1 unspecified atom stereocenters. The lowest BCUT2D eigenvalue weighted by molar-refractivity contribution is -0.135. The minimum Gasteiger partial charge on any atom is -0.332 e. The zero-order valence-electron chi connectivity index (χ0n) is 12.5. The molecule has 1 amide bonds. The molecule has 1 aromatic rings. The third-order valence-electron chi connectivity index (χ3n) is 4.48. The van der Waals surface area contributed by atoms with Crippen LogP contribution in [0.5, 0.6) is 0 Å². The molecule has 0 spiro atoms. The molecule has 3 nitrogen and oxygen atoms in total. The van der Waals surface area contributed by atoms with Crippen molar-refractivity contribution in [3.63, 3.8) is 0 Å². The highest BCUT2D eigenvalue weighted by Crippen LogP contribution is 2.22. The summed E-state index contributed by atoms with van der Waals surface area (Å²) in [6.45, 7) is 4.12. The predicted octanol–water partition coefficient (Wildman–Crippen LogP) is 2.47. The first-order chi connectivity index (χ1) is 10.3. The molecular weight excluding hydrogens is 280 g/mol. The Labute approximate surface area is 131 Å². The molecular formula is C17H24N2OS. The molecule has 21 heavy (non-hydrogen) atoms. The number of hydrogen-bond donors (Lipinski definition) is 0. The van der Waals surface area contributed by atoms with E-state index in [1.165, 1.54) is 5.56 Å². The summed E-state index contributed by atoms with van der Waals surface area (Å²) in [5, 5.41) is 0. The van der Waals surface area contributed by atoms with Gasteiger partial charge in [0.2, 0.25) is 5.91 Å². The average molecular weight is 304 g/mol.